The lowest BCUT2D eigenvalue weighted by Crippen LogP contribution is -2.51. The van der Waals surface area contributed by atoms with Gasteiger partial charge in [-0.05, 0) is 37.6 Å². The summed E-state index contributed by atoms with van der Waals surface area (Å²) in [5, 5.41) is 9.99. The van der Waals surface area contributed by atoms with Crippen molar-refractivity contribution in [2.75, 3.05) is 7.11 Å². The van der Waals surface area contributed by atoms with Crippen molar-refractivity contribution in [3.8, 4) is 5.75 Å². The molecule has 1 fully saturated rings. The Morgan fingerprint density at radius 2 is 2.15 bits per heavy atom. The Morgan fingerprint density at radius 3 is 2.78 bits per heavy atom. The number of rotatable bonds is 6. The molecule has 27 heavy (non-hydrogen) atoms. The molecule has 7 nitrogen and oxygen atoms in total. The van der Waals surface area contributed by atoms with Crippen LogP contribution in [0, 0.1) is 0 Å². The van der Waals surface area contributed by atoms with Gasteiger partial charge in [-0.25, -0.2) is 0 Å². The van der Waals surface area contributed by atoms with Crippen molar-refractivity contribution in [1.29, 1.82) is 0 Å². The summed E-state index contributed by atoms with van der Waals surface area (Å²) in [5.41, 5.74) is 0.895. The van der Waals surface area contributed by atoms with E-state index in [-0.39, 0.29) is 29.1 Å². The predicted molar refractivity (Wildman–Crippen MR) is 104 cm³/mol. The van der Waals surface area contributed by atoms with Crippen LogP contribution in [0.25, 0.3) is 0 Å². The number of hydrogen-bond acceptors (Lipinski definition) is 5. The Hall–Kier alpha value is -2.48. The number of nitrogens with zero attached hydrogens (tertiary/aromatic N) is 2. The Kier molecular flexibility index (Phi) is 6.05. The van der Waals surface area contributed by atoms with Crippen LogP contribution in [0.3, 0.4) is 0 Å². The summed E-state index contributed by atoms with van der Waals surface area (Å²) in [4.78, 5) is 25.6. The minimum Gasteiger partial charge on any atom is -0.497 e. The number of aromatic nitrogens is 2. The molecule has 1 aliphatic heterocycles. The Bertz CT molecular complexity index is 806. The normalized spacial score (nSPS) is 20.6. The zero-order chi connectivity index (χ0) is 19.4. The summed E-state index contributed by atoms with van der Waals surface area (Å²) in [7, 11) is 3.45. The second-order valence-electron chi connectivity index (χ2n) is 6.58. The lowest BCUT2D eigenvalue weighted by atomic mass is 9.93. The molecule has 2 heterocycles. The van der Waals surface area contributed by atoms with E-state index in [1.54, 1.807) is 18.0 Å². The smallest absolute Gasteiger partial charge is 0.233 e. The molecule has 2 N–H and O–H groups in total. The molecule has 0 unspecified atom stereocenters. The number of nitrogens with one attached hydrogen (secondary N) is 2. The van der Waals surface area contributed by atoms with E-state index in [2.05, 4.69) is 15.7 Å². The van der Waals surface area contributed by atoms with E-state index < -0.39 is 0 Å². The van der Waals surface area contributed by atoms with Gasteiger partial charge in [0.2, 0.25) is 11.8 Å². The number of benzene rings is 1. The Morgan fingerprint density at radius 1 is 1.41 bits per heavy atom. The van der Waals surface area contributed by atoms with E-state index in [0.29, 0.717) is 12.8 Å². The van der Waals surface area contributed by atoms with Gasteiger partial charge in [-0.1, -0.05) is 0 Å². The first-order valence-corrected chi connectivity index (χ1v) is 9.73. The number of carbonyl (C=O) groups excluding carboxylic acids is 2. The second-order valence-corrected chi connectivity index (χ2v) is 8.00. The zero-order valence-corrected chi connectivity index (χ0v) is 16.5. The monoisotopic (exact) mass is 388 g/mol. The highest BCUT2D eigenvalue weighted by molar-refractivity contribution is 8.00. The van der Waals surface area contributed by atoms with Crippen LogP contribution in [-0.2, 0) is 16.6 Å². The molecule has 2 aromatic rings. The fourth-order valence-electron chi connectivity index (χ4n) is 3.08. The molecule has 0 spiro atoms. The van der Waals surface area contributed by atoms with Crippen molar-refractivity contribution in [2.24, 2.45) is 7.05 Å². The van der Waals surface area contributed by atoms with Crippen LogP contribution in [0.5, 0.6) is 5.75 Å². The second kappa shape index (κ2) is 8.47. The average Bonchev–Trinajstić information content (AvgIpc) is 3.10. The van der Waals surface area contributed by atoms with Crippen LogP contribution in [0.15, 0.2) is 41.6 Å². The lowest BCUT2D eigenvalue weighted by molar-refractivity contribution is -0.126. The first-order valence-electron chi connectivity index (χ1n) is 8.85. The number of ether oxygens (including phenoxy) is 1. The number of carbonyl (C=O) groups is 2. The fourth-order valence-corrected chi connectivity index (χ4v) is 3.96. The molecular formula is C19H24N4O3S. The van der Waals surface area contributed by atoms with Crippen LogP contribution in [0.1, 0.15) is 31.4 Å². The Balaban J connectivity index is 1.64. The van der Waals surface area contributed by atoms with Crippen molar-refractivity contribution >= 4 is 23.6 Å². The van der Waals surface area contributed by atoms with Gasteiger partial charge in [0.25, 0.3) is 0 Å². The molecule has 3 atom stereocenters. The maximum Gasteiger partial charge on any atom is 0.233 e. The molecular weight excluding hydrogens is 364 g/mol. The van der Waals surface area contributed by atoms with Gasteiger partial charge in [0.05, 0.1) is 30.6 Å². The topological polar surface area (TPSA) is 85.2 Å². The molecule has 8 heteroatoms. The summed E-state index contributed by atoms with van der Waals surface area (Å²) < 4.78 is 6.85. The van der Waals surface area contributed by atoms with E-state index >= 15 is 0 Å². The largest absolute Gasteiger partial charge is 0.497 e. The highest BCUT2D eigenvalue weighted by Gasteiger charge is 2.32. The molecule has 1 aromatic heterocycles. The van der Waals surface area contributed by atoms with Crippen LogP contribution < -0.4 is 15.4 Å². The molecule has 1 saturated heterocycles. The summed E-state index contributed by atoms with van der Waals surface area (Å²) in [6, 6.07) is 7.21. The summed E-state index contributed by atoms with van der Waals surface area (Å²) in [6.07, 6.45) is 4.61. The molecule has 0 aliphatic carbocycles. The van der Waals surface area contributed by atoms with E-state index in [4.69, 9.17) is 4.74 Å². The quantitative estimate of drug-likeness (QED) is 0.740. The molecule has 0 bridgehead atoms. The number of thioether (sulfide) groups is 1. The van der Waals surface area contributed by atoms with Crippen LogP contribution >= 0.6 is 11.8 Å². The molecule has 0 radical (unpaired) electrons. The number of hydrogen-bond donors (Lipinski definition) is 2. The minimum absolute atomic E-state index is 0.00462. The summed E-state index contributed by atoms with van der Waals surface area (Å²) in [6.45, 7) is 1.88. The minimum atomic E-state index is -0.262. The molecule has 144 valence electrons. The van der Waals surface area contributed by atoms with Gasteiger partial charge in [-0.3, -0.25) is 14.3 Å². The van der Waals surface area contributed by atoms with Gasteiger partial charge in [0, 0.05) is 30.1 Å². The van der Waals surface area contributed by atoms with Crippen molar-refractivity contribution in [3.05, 3.63) is 42.2 Å². The highest BCUT2D eigenvalue weighted by atomic mass is 32.2. The third-order valence-electron chi connectivity index (χ3n) is 4.55. The van der Waals surface area contributed by atoms with Crippen LogP contribution in [-0.4, -0.2) is 40.0 Å². The SMILES string of the molecule is COc1ccc(S[C@@H](C)C(=O)N[C@H]2CCC(=O)N[C@@H]2c2cnn(C)c2)cc1. The lowest BCUT2D eigenvalue weighted by Gasteiger charge is -2.33. The van der Waals surface area contributed by atoms with E-state index in [1.807, 2.05) is 44.4 Å². The van der Waals surface area contributed by atoms with Crippen molar-refractivity contribution < 1.29 is 14.3 Å². The first-order chi connectivity index (χ1) is 13.0. The molecule has 1 aliphatic rings. The van der Waals surface area contributed by atoms with E-state index in [1.165, 1.54) is 11.8 Å². The maximum atomic E-state index is 12.7. The zero-order valence-electron chi connectivity index (χ0n) is 15.6. The third kappa shape index (κ3) is 4.82. The summed E-state index contributed by atoms with van der Waals surface area (Å²) >= 11 is 1.49. The molecule has 3 rings (SSSR count). The standard InChI is InChI=1S/C19H24N4O3S/c1-12(27-15-6-4-14(26-3)5-7-15)19(25)21-16-8-9-17(24)22-18(16)13-10-20-23(2)11-13/h4-7,10-12,16,18H,8-9H2,1-3H3,(H,21,25)(H,22,24)/t12-,16-,18+/m0/s1. The van der Waals surface area contributed by atoms with Gasteiger partial charge in [0.1, 0.15) is 5.75 Å². The number of aryl methyl sites for hydroxylation is 1. The maximum absolute atomic E-state index is 12.7. The van der Waals surface area contributed by atoms with Crippen molar-refractivity contribution in [2.45, 2.75) is 42.0 Å². The van der Waals surface area contributed by atoms with Crippen LogP contribution in [0.2, 0.25) is 0 Å². The first kappa shape index (κ1) is 19.3. The highest BCUT2D eigenvalue weighted by Crippen LogP contribution is 2.27. The molecule has 2 amide bonds. The molecule has 0 saturated carbocycles. The van der Waals surface area contributed by atoms with E-state index in [0.717, 1.165) is 16.2 Å². The number of amides is 2. The van der Waals surface area contributed by atoms with Crippen LogP contribution in [0.4, 0.5) is 0 Å². The van der Waals surface area contributed by atoms with Gasteiger partial charge < -0.3 is 15.4 Å². The number of methoxy groups -OCH3 is 1. The van der Waals surface area contributed by atoms with Gasteiger partial charge in [-0.2, -0.15) is 5.10 Å². The van der Waals surface area contributed by atoms with E-state index in [9.17, 15) is 9.59 Å². The fraction of sp³-hybridized carbons (Fsp3) is 0.421. The van der Waals surface area contributed by atoms with Gasteiger partial charge in [0.15, 0.2) is 0 Å². The summed E-state index contributed by atoms with van der Waals surface area (Å²) in [5.74, 6) is 0.731. The van der Waals surface area contributed by atoms with Gasteiger partial charge >= 0.3 is 0 Å². The number of piperidine rings is 1. The molecule has 1 aromatic carbocycles. The van der Waals surface area contributed by atoms with Crippen molar-refractivity contribution in [3.63, 3.8) is 0 Å². The third-order valence-corrected chi connectivity index (χ3v) is 5.67. The van der Waals surface area contributed by atoms with Crippen molar-refractivity contribution in [1.82, 2.24) is 20.4 Å². The average molecular weight is 388 g/mol. The predicted octanol–water partition coefficient (Wildman–Crippen LogP) is 2.05. The Labute approximate surface area is 162 Å². The van der Waals surface area contributed by atoms with Gasteiger partial charge in [-0.15, -0.1) is 11.8 Å².